The molecule has 0 saturated heterocycles. The number of nitrogens with one attached hydrogen (secondary N) is 1. The monoisotopic (exact) mass is 290 g/mol. The molecule has 7 nitrogen and oxygen atoms in total. The Morgan fingerprint density at radius 1 is 1.29 bits per heavy atom. The Bertz CT molecular complexity index is 651. The zero-order valence-electron chi connectivity index (χ0n) is 11.9. The van der Waals surface area contributed by atoms with Gasteiger partial charge in [-0.2, -0.15) is 0 Å². The van der Waals surface area contributed by atoms with E-state index in [-0.39, 0.29) is 12.3 Å². The van der Waals surface area contributed by atoms with Crippen LogP contribution < -0.4 is 5.32 Å². The molecule has 2 N–H and O–H groups in total. The summed E-state index contributed by atoms with van der Waals surface area (Å²) in [6.07, 6.45) is 2.37. The largest absolute Gasteiger partial charge is 0.481 e. The first-order chi connectivity index (χ1) is 10.1. The molecular formula is C14H18N4O3. The minimum Gasteiger partial charge on any atom is -0.481 e. The number of aryl methyl sites for hydroxylation is 1. The number of nitrogens with zero attached hydrogens (tertiary/aromatic N) is 3. The summed E-state index contributed by atoms with van der Waals surface area (Å²) in [5.74, 6) is -0.933. The predicted molar refractivity (Wildman–Crippen MR) is 76.9 cm³/mol. The number of benzene rings is 1. The Labute approximate surface area is 121 Å². The molecule has 7 heteroatoms. The van der Waals surface area contributed by atoms with Gasteiger partial charge in [0, 0.05) is 25.6 Å². The molecule has 0 unspecified atom stereocenters. The van der Waals surface area contributed by atoms with Crippen molar-refractivity contribution in [1.82, 2.24) is 20.3 Å². The van der Waals surface area contributed by atoms with Crippen molar-refractivity contribution in [3.05, 3.63) is 23.8 Å². The fourth-order valence-electron chi connectivity index (χ4n) is 2.06. The molecule has 0 aliphatic heterocycles. The van der Waals surface area contributed by atoms with Crippen molar-refractivity contribution in [1.29, 1.82) is 0 Å². The van der Waals surface area contributed by atoms with E-state index in [9.17, 15) is 9.59 Å². The Balaban J connectivity index is 1.80. The van der Waals surface area contributed by atoms with Gasteiger partial charge in [0.05, 0.1) is 5.52 Å². The third-order valence-corrected chi connectivity index (χ3v) is 3.23. The van der Waals surface area contributed by atoms with Crippen molar-refractivity contribution in [3.63, 3.8) is 0 Å². The van der Waals surface area contributed by atoms with Gasteiger partial charge in [-0.15, -0.1) is 5.10 Å². The summed E-state index contributed by atoms with van der Waals surface area (Å²) >= 11 is 0. The molecule has 0 saturated carbocycles. The van der Waals surface area contributed by atoms with Gasteiger partial charge in [-0.3, -0.25) is 9.59 Å². The quantitative estimate of drug-likeness (QED) is 0.750. The molecule has 1 aromatic heterocycles. The summed E-state index contributed by atoms with van der Waals surface area (Å²) in [5, 5.41) is 19.2. The van der Waals surface area contributed by atoms with Crippen LogP contribution >= 0.6 is 0 Å². The van der Waals surface area contributed by atoms with Crippen LogP contribution in [0.15, 0.2) is 18.2 Å². The Morgan fingerprint density at radius 3 is 2.86 bits per heavy atom. The summed E-state index contributed by atoms with van der Waals surface area (Å²) in [6.45, 7) is 0.539. The first-order valence-electron chi connectivity index (χ1n) is 6.87. The van der Waals surface area contributed by atoms with Gasteiger partial charge in [0.1, 0.15) is 5.52 Å². The lowest BCUT2D eigenvalue weighted by molar-refractivity contribution is -0.137. The lowest BCUT2D eigenvalue weighted by Crippen LogP contribution is -2.24. The summed E-state index contributed by atoms with van der Waals surface area (Å²) < 4.78 is 1.65. The highest BCUT2D eigenvalue weighted by Gasteiger charge is 2.08. The highest BCUT2D eigenvalue weighted by atomic mass is 16.4. The van der Waals surface area contributed by atoms with Crippen molar-refractivity contribution < 1.29 is 14.7 Å². The number of fused-ring (bicyclic) bond motifs is 1. The van der Waals surface area contributed by atoms with Crippen molar-refractivity contribution in [3.8, 4) is 0 Å². The second-order valence-electron chi connectivity index (χ2n) is 4.88. The number of aromatic nitrogens is 3. The van der Waals surface area contributed by atoms with Crippen LogP contribution in [-0.4, -0.2) is 38.5 Å². The van der Waals surface area contributed by atoms with Crippen LogP contribution in [0.1, 0.15) is 36.0 Å². The molecule has 0 aliphatic rings. The van der Waals surface area contributed by atoms with Gasteiger partial charge >= 0.3 is 5.97 Å². The smallest absolute Gasteiger partial charge is 0.303 e. The van der Waals surface area contributed by atoms with Crippen LogP contribution in [0.5, 0.6) is 0 Å². The SMILES string of the molecule is Cn1nnc2cc(C(=O)NCCCCCC(=O)O)ccc21. The molecule has 0 bridgehead atoms. The predicted octanol–water partition coefficient (Wildman–Crippen LogP) is 1.34. The van der Waals surface area contributed by atoms with E-state index < -0.39 is 5.97 Å². The molecule has 2 aromatic rings. The van der Waals surface area contributed by atoms with E-state index in [1.807, 2.05) is 6.07 Å². The number of unbranched alkanes of at least 4 members (excludes halogenated alkanes) is 2. The molecule has 0 radical (unpaired) electrons. The van der Waals surface area contributed by atoms with Crippen LogP contribution in [-0.2, 0) is 11.8 Å². The van der Waals surface area contributed by atoms with E-state index in [1.54, 1.807) is 23.9 Å². The average Bonchev–Trinajstić information content (AvgIpc) is 2.83. The van der Waals surface area contributed by atoms with Crippen LogP contribution in [0.4, 0.5) is 0 Å². The molecule has 1 aromatic carbocycles. The molecule has 2 rings (SSSR count). The fraction of sp³-hybridized carbons (Fsp3) is 0.429. The summed E-state index contributed by atoms with van der Waals surface area (Å²) in [5.41, 5.74) is 2.11. The van der Waals surface area contributed by atoms with Crippen molar-refractivity contribution in [2.24, 2.45) is 7.05 Å². The van der Waals surface area contributed by atoms with Gasteiger partial charge in [-0.1, -0.05) is 11.6 Å². The van der Waals surface area contributed by atoms with E-state index in [4.69, 9.17) is 5.11 Å². The standard InChI is InChI=1S/C14H18N4O3/c1-18-12-7-6-10(9-11(12)16-17-18)14(21)15-8-4-2-3-5-13(19)20/h6-7,9H,2-5,8H2,1H3,(H,15,21)(H,19,20). The third-order valence-electron chi connectivity index (χ3n) is 3.23. The van der Waals surface area contributed by atoms with Gasteiger partial charge in [0.15, 0.2) is 0 Å². The number of carbonyl (C=O) groups is 2. The van der Waals surface area contributed by atoms with Crippen molar-refractivity contribution >= 4 is 22.9 Å². The fourth-order valence-corrected chi connectivity index (χ4v) is 2.06. The number of carboxylic acids is 1. The van der Waals surface area contributed by atoms with Crippen LogP contribution in [0.3, 0.4) is 0 Å². The number of hydrogen-bond donors (Lipinski definition) is 2. The van der Waals surface area contributed by atoms with Crippen molar-refractivity contribution in [2.75, 3.05) is 6.54 Å². The lowest BCUT2D eigenvalue weighted by atomic mass is 10.1. The highest BCUT2D eigenvalue weighted by Crippen LogP contribution is 2.12. The van der Waals surface area contributed by atoms with Crippen LogP contribution in [0, 0.1) is 0 Å². The first-order valence-corrected chi connectivity index (χ1v) is 6.87. The number of amides is 1. The van der Waals surface area contributed by atoms with Gasteiger partial charge in [0.2, 0.25) is 0 Å². The van der Waals surface area contributed by atoms with Crippen LogP contribution in [0.25, 0.3) is 11.0 Å². The first kappa shape index (κ1) is 15.0. The van der Waals surface area contributed by atoms with E-state index >= 15 is 0 Å². The Hall–Kier alpha value is -2.44. The van der Waals surface area contributed by atoms with Crippen LogP contribution in [0.2, 0.25) is 0 Å². The van der Waals surface area contributed by atoms with Gasteiger partial charge < -0.3 is 10.4 Å². The zero-order valence-corrected chi connectivity index (χ0v) is 11.9. The van der Waals surface area contributed by atoms with Gasteiger partial charge in [-0.05, 0) is 31.0 Å². The lowest BCUT2D eigenvalue weighted by Gasteiger charge is -2.05. The normalized spacial score (nSPS) is 10.7. The maximum absolute atomic E-state index is 12.0. The van der Waals surface area contributed by atoms with Gasteiger partial charge in [0.25, 0.3) is 5.91 Å². The minimum atomic E-state index is -0.781. The second kappa shape index (κ2) is 6.83. The van der Waals surface area contributed by atoms with Gasteiger partial charge in [-0.25, -0.2) is 4.68 Å². The molecule has 112 valence electrons. The summed E-state index contributed by atoms with van der Waals surface area (Å²) in [6, 6.07) is 5.27. The molecular weight excluding hydrogens is 272 g/mol. The minimum absolute atomic E-state index is 0.152. The molecule has 21 heavy (non-hydrogen) atoms. The number of rotatable bonds is 7. The van der Waals surface area contributed by atoms with E-state index in [2.05, 4.69) is 15.6 Å². The zero-order chi connectivity index (χ0) is 15.2. The summed E-state index contributed by atoms with van der Waals surface area (Å²) in [4.78, 5) is 22.3. The Morgan fingerprint density at radius 2 is 2.10 bits per heavy atom. The van der Waals surface area contributed by atoms with E-state index in [1.165, 1.54) is 0 Å². The van der Waals surface area contributed by atoms with Crippen molar-refractivity contribution in [2.45, 2.75) is 25.7 Å². The molecule has 0 spiro atoms. The third kappa shape index (κ3) is 4.01. The van der Waals surface area contributed by atoms with E-state index in [0.717, 1.165) is 18.4 Å². The maximum atomic E-state index is 12.0. The number of carboxylic acid groups (broad SMARTS) is 1. The Kier molecular flexibility index (Phi) is 4.86. The second-order valence-corrected chi connectivity index (χ2v) is 4.88. The summed E-state index contributed by atoms with van der Waals surface area (Å²) in [7, 11) is 1.80. The highest BCUT2D eigenvalue weighted by molar-refractivity contribution is 5.97. The number of carbonyl (C=O) groups excluding carboxylic acids is 1. The van der Waals surface area contributed by atoms with E-state index in [0.29, 0.717) is 24.0 Å². The number of hydrogen-bond acceptors (Lipinski definition) is 4. The molecule has 0 aliphatic carbocycles. The molecule has 1 amide bonds. The molecule has 0 atom stereocenters. The maximum Gasteiger partial charge on any atom is 0.303 e. The number of aliphatic carboxylic acids is 1. The molecule has 0 fully saturated rings. The molecule has 1 heterocycles. The average molecular weight is 290 g/mol. The topological polar surface area (TPSA) is 97.1 Å².